The highest BCUT2D eigenvalue weighted by Crippen LogP contribution is 2.13. The maximum Gasteiger partial charge on any atom is 0.338 e. The Kier molecular flexibility index (Phi) is 5.84. The zero-order valence-electron chi connectivity index (χ0n) is 12.1. The Hall–Kier alpha value is -1.73. The normalized spacial score (nSPS) is 10.4. The van der Waals surface area contributed by atoms with E-state index in [0.29, 0.717) is 11.3 Å². The minimum atomic E-state index is -0.517. The van der Waals surface area contributed by atoms with Gasteiger partial charge in [0.15, 0.2) is 5.12 Å². The van der Waals surface area contributed by atoms with Gasteiger partial charge in [-0.05, 0) is 39.0 Å². The van der Waals surface area contributed by atoms with Crippen molar-refractivity contribution in [3.63, 3.8) is 0 Å². The van der Waals surface area contributed by atoms with Crippen LogP contribution >= 0.6 is 11.8 Å². The lowest BCUT2D eigenvalue weighted by atomic mass is 10.1. The molecule has 0 aliphatic heterocycles. The summed E-state index contributed by atoms with van der Waals surface area (Å²) < 4.78 is 5.30. The van der Waals surface area contributed by atoms with E-state index in [2.05, 4.69) is 11.8 Å². The Bertz CT molecular complexity index is 559. The molecule has 0 N–H and O–H groups in total. The lowest BCUT2D eigenvalue weighted by molar-refractivity contribution is -0.109. The number of ether oxygens (including phenoxy) is 1. The zero-order chi connectivity index (χ0) is 15.2. The van der Waals surface area contributed by atoms with Gasteiger partial charge >= 0.3 is 5.97 Å². The minimum Gasteiger partial charge on any atom is -0.456 e. The van der Waals surface area contributed by atoms with Crippen molar-refractivity contribution in [2.24, 2.45) is 0 Å². The molecule has 1 aromatic carbocycles. The first-order chi connectivity index (χ1) is 9.28. The summed E-state index contributed by atoms with van der Waals surface area (Å²) in [7, 11) is 0. The molecule has 0 aromatic heterocycles. The van der Waals surface area contributed by atoms with Gasteiger partial charge in [-0.3, -0.25) is 4.79 Å². The zero-order valence-corrected chi connectivity index (χ0v) is 13.0. The Balaban J connectivity index is 2.75. The van der Waals surface area contributed by atoms with Gasteiger partial charge < -0.3 is 4.74 Å². The van der Waals surface area contributed by atoms with Crippen LogP contribution in [0.25, 0.3) is 0 Å². The van der Waals surface area contributed by atoms with Crippen LogP contribution in [0.15, 0.2) is 24.3 Å². The highest BCUT2D eigenvalue weighted by Gasteiger charge is 2.17. The molecule has 106 valence electrons. The van der Waals surface area contributed by atoms with E-state index in [1.165, 1.54) is 6.92 Å². The fourth-order valence-electron chi connectivity index (χ4n) is 1.34. The first kappa shape index (κ1) is 16.3. The molecule has 1 rings (SSSR count). The van der Waals surface area contributed by atoms with E-state index >= 15 is 0 Å². The van der Waals surface area contributed by atoms with Crippen LogP contribution in [0.5, 0.6) is 0 Å². The molecule has 0 saturated carbocycles. The van der Waals surface area contributed by atoms with Crippen molar-refractivity contribution >= 4 is 22.8 Å². The van der Waals surface area contributed by atoms with Gasteiger partial charge in [0.1, 0.15) is 5.60 Å². The van der Waals surface area contributed by atoms with E-state index in [1.807, 2.05) is 26.8 Å². The third-order valence-corrected chi connectivity index (χ3v) is 2.77. The summed E-state index contributed by atoms with van der Waals surface area (Å²) in [5.74, 6) is 5.90. The molecule has 1 aromatic rings. The van der Waals surface area contributed by atoms with Gasteiger partial charge in [-0.1, -0.05) is 29.7 Å². The third-order valence-electron chi connectivity index (χ3n) is 2.08. The van der Waals surface area contributed by atoms with Crippen LogP contribution in [0.2, 0.25) is 0 Å². The van der Waals surface area contributed by atoms with E-state index in [4.69, 9.17) is 4.74 Å². The molecule has 0 bridgehead atoms. The summed E-state index contributed by atoms with van der Waals surface area (Å²) in [6.07, 6.45) is 0. The molecule has 0 fully saturated rings. The second-order valence-electron chi connectivity index (χ2n) is 5.16. The number of esters is 1. The Labute approximate surface area is 124 Å². The lowest BCUT2D eigenvalue weighted by Crippen LogP contribution is -2.23. The van der Waals surface area contributed by atoms with Gasteiger partial charge in [0, 0.05) is 12.5 Å². The van der Waals surface area contributed by atoms with Crippen molar-refractivity contribution in [2.75, 3.05) is 5.75 Å². The number of carbonyl (C=O) groups excluding carboxylic acids is 2. The fraction of sp³-hybridized carbons (Fsp3) is 0.375. The van der Waals surface area contributed by atoms with Crippen molar-refractivity contribution < 1.29 is 14.3 Å². The average Bonchev–Trinajstić information content (AvgIpc) is 2.33. The lowest BCUT2D eigenvalue weighted by Gasteiger charge is -2.19. The van der Waals surface area contributed by atoms with E-state index < -0.39 is 5.60 Å². The quantitative estimate of drug-likeness (QED) is 0.619. The molecule has 4 heteroatoms. The van der Waals surface area contributed by atoms with Crippen LogP contribution in [0.3, 0.4) is 0 Å². The summed E-state index contributed by atoms with van der Waals surface area (Å²) in [5.41, 5.74) is 0.695. The molecule has 0 amide bonds. The number of rotatable bonds is 2. The van der Waals surface area contributed by atoms with Crippen LogP contribution < -0.4 is 0 Å². The summed E-state index contributed by atoms with van der Waals surface area (Å²) in [5, 5.41) is 0.0433. The van der Waals surface area contributed by atoms with E-state index in [0.717, 1.165) is 17.3 Å². The van der Waals surface area contributed by atoms with Gasteiger partial charge in [0.2, 0.25) is 0 Å². The maximum atomic E-state index is 11.9. The molecule has 0 radical (unpaired) electrons. The van der Waals surface area contributed by atoms with Crippen molar-refractivity contribution in [3.05, 3.63) is 35.4 Å². The number of thioether (sulfide) groups is 1. The van der Waals surface area contributed by atoms with Gasteiger partial charge in [-0.15, -0.1) is 0 Å². The molecule has 3 nitrogen and oxygen atoms in total. The van der Waals surface area contributed by atoms with Gasteiger partial charge in [0.05, 0.1) is 11.3 Å². The highest BCUT2D eigenvalue weighted by atomic mass is 32.2. The molecule has 0 aliphatic rings. The maximum absolute atomic E-state index is 11.9. The predicted octanol–water partition coefficient (Wildman–Crippen LogP) is 3.27. The van der Waals surface area contributed by atoms with Gasteiger partial charge in [-0.2, -0.15) is 0 Å². The first-order valence-corrected chi connectivity index (χ1v) is 7.22. The molecular weight excluding hydrogens is 272 g/mol. The average molecular weight is 290 g/mol. The predicted molar refractivity (Wildman–Crippen MR) is 81.6 cm³/mol. The molecule has 0 spiro atoms. The standard InChI is InChI=1S/C16H18O3S/c1-12(17)20-10-6-8-13-7-5-9-14(11-13)15(18)19-16(2,3)4/h5,7,9,11H,10H2,1-4H3. The Morgan fingerprint density at radius 3 is 2.60 bits per heavy atom. The summed E-state index contributed by atoms with van der Waals surface area (Å²) in [6.45, 7) is 6.99. The number of hydrogen-bond acceptors (Lipinski definition) is 4. The SMILES string of the molecule is CC(=O)SCC#Cc1cccc(C(=O)OC(C)(C)C)c1. The number of hydrogen-bond donors (Lipinski definition) is 0. The van der Waals surface area contributed by atoms with Crippen LogP contribution in [-0.2, 0) is 9.53 Å². The van der Waals surface area contributed by atoms with Crippen LogP contribution in [-0.4, -0.2) is 22.4 Å². The van der Waals surface area contributed by atoms with E-state index in [-0.39, 0.29) is 11.1 Å². The molecular formula is C16H18O3S. The smallest absolute Gasteiger partial charge is 0.338 e. The van der Waals surface area contributed by atoms with Crippen LogP contribution in [0, 0.1) is 11.8 Å². The summed E-state index contributed by atoms with van der Waals surface area (Å²) in [6, 6.07) is 6.98. The van der Waals surface area contributed by atoms with Crippen molar-refractivity contribution in [2.45, 2.75) is 33.3 Å². The monoisotopic (exact) mass is 290 g/mol. The summed E-state index contributed by atoms with van der Waals surface area (Å²) >= 11 is 1.16. The van der Waals surface area contributed by atoms with Gasteiger partial charge in [0.25, 0.3) is 0 Å². The van der Waals surface area contributed by atoms with E-state index in [1.54, 1.807) is 18.2 Å². The van der Waals surface area contributed by atoms with Gasteiger partial charge in [-0.25, -0.2) is 4.79 Å². The van der Waals surface area contributed by atoms with E-state index in [9.17, 15) is 9.59 Å². The largest absolute Gasteiger partial charge is 0.456 e. The Morgan fingerprint density at radius 1 is 1.30 bits per heavy atom. The fourth-order valence-corrected chi connectivity index (χ4v) is 1.68. The minimum absolute atomic E-state index is 0.0433. The second kappa shape index (κ2) is 7.16. The van der Waals surface area contributed by atoms with Crippen molar-refractivity contribution in [3.8, 4) is 11.8 Å². The molecule has 20 heavy (non-hydrogen) atoms. The van der Waals surface area contributed by atoms with Crippen LogP contribution in [0.1, 0.15) is 43.6 Å². The van der Waals surface area contributed by atoms with Crippen LogP contribution in [0.4, 0.5) is 0 Å². The Morgan fingerprint density at radius 2 is 2.00 bits per heavy atom. The molecule has 0 unspecified atom stereocenters. The topological polar surface area (TPSA) is 43.4 Å². The number of carbonyl (C=O) groups is 2. The van der Waals surface area contributed by atoms with Crippen molar-refractivity contribution in [1.82, 2.24) is 0 Å². The molecule has 0 aliphatic carbocycles. The second-order valence-corrected chi connectivity index (χ2v) is 6.32. The highest BCUT2D eigenvalue weighted by molar-refractivity contribution is 8.13. The third kappa shape index (κ3) is 6.44. The van der Waals surface area contributed by atoms with Crippen molar-refractivity contribution in [1.29, 1.82) is 0 Å². The molecule has 0 saturated heterocycles. The first-order valence-electron chi connectivity index (χ1n) is 6.23. The number of benzene rings is 1. The molecule has 0 atom stereocenters. The molecule has 0 heterocycles. The summed E-state index contributed by atoms with van der Waals surface area (Å²) in [4.78, 5) is 22.7.